The van der Waals surface area contributed by atoms with Crippen molar-refractivity contribution in [2.75, 3.05) is 12.4 Å². The maximum absolute atomic E-state index is 4.97. The highest BCUT2D eigenvalue weighted by molar-refractivity contribution is 5.84. The molecule has 0 saturated carbocycles. The number of fused-ring (bicyclic) bond motifs is 2. The van der Waals surface area contributed by atoms with Crippen LogP contribution in [0.3, 0.4) is 0 Å². The Morgan fingerprint density at radius 1 is 0.903 bits per heavy atom. The van der Waals surface area contributed by atoms with E-state index in [2.05, 4.69) is 75.3 Å². The Balaban J connectivity index is 1.79. The number of pyridine rings is 1. The van der Waals surface area contributed by atoms with Crippen molar-refractivity contribution in [2.24, 2.45) is 4.99 Å². The number of rotatable bonds is 4. The van der Waals surface area contributed by atoms with Crippen LogP contribution in [0.2, 0.25) is 0 Å². The van der Waals surface area contributed by atoms with Gasteiger partial charge in [0.25, 0.3) is 0 Å². The number of nitrogens with one attached hydrogen (secondary N) is 1. The highest BCUT2D eigenvalue weighted by Gasteiger charge is 2.16. The van der Waals surface area contributed by atoms with Gasteiger partial charge >= 0.3 is 0 Å². The molecule has 2 heterocycles. The first-order valence-electron chi connectivity index (χ1n) is 10.4. The monoisotopic (exact) mass is 405 g/mol. The summed E-state index contributed by atoms with van der Waals surface area (Å²) < 4.78 is 2.25. The highest BCUT2D eigenvalue weighted by Crippen LogP contribution is 2.30. The molecule has 5 nitrogen and oxygen atoms in total. The van der Waals surface area contributed by atoms with Crippen molar-refractivity contribution < 1.29 is 0 Å². The molecule has 5 heteroatoms. The number of nitrogens with zero attached hydrogens (tertiary/aromatic N) is 4. The van der Waals surface area contributed by atoms with Gasteiger partial charge in [0.2, 0.25) is 0 Å². The predicted octanol–water partition coefficient (Wildman–Crippen LogP) is 5.36. The minimum Gasteiger partial charge on any atom is -0.352 e. The quantitative estimate of drug-likeness (QED) is 0.410. The topological polar surface area (TPSA) is 55.1 Å². The smallest absolute Gasteiger partial charge is 0.0900 e. The average molecular weight is 406 g/mol. The second-order valence-corrected chi connectivity index (χ2v) is 7.33. The Labute approximate surface area is 181 Å². The summed E-state index contributed by atoms with van der Waals surface area (Å²) in [5, 5.41) is 4.41. The second kappa shape index (κ2) is 8.03. The summed E-state index contributed by atoms with van der Waals surface area (Å²) in [5.41, 5.74) is 7.94. The molecule has 152 valence electrons. The van der Waals surface area contributed by atoms with Gasteiger partial charge in [-0.3, -0.25) is 9.98 Å². The van der Waals surface area contributed by atoms with Crippen molar-refractivity contribution in [1.82, 2.24) is 14.5 Å². The predicted molar refractivity (Wildman–Crippen MR) is 126 cm³/mol. The van der Waals surface area contributed by atoms with Gasteiger partial charge in [-0.25, -0.2) is 4.98 Å². The van der Waals surface area contributed by atoms with E-state index in [1.54, 1.807) is 0 Å². The van der Waals surface area contributed by atoms with E-state index in [0.717, 1.165) is 57.0 Å². The standard InChI is InChI=1S/C26H23N5/c1-3-19-20(13-9-15-28-19)29-23-16-24-26(17-22(23)27-2)31(18-10-5-4-6-11-18)25-14-8-7-12-21(25)30-24/h4-17,29H,3H2,1-2H3. The molecule has 31 heavy (non-hydrogen) atoms. The van der Waals surface area contributed by atoms with E-state index in [9.17, 15) is 0 Å². The zero-order valence-electron chi connectivity index (χ0n) is 17.6. The van der Waals surface area contributed by atoms with Crippen molar-refractivity contribution in [3.8, 4) is 17.1 Å². The van der Waals surface area contributed by atoms with Gasteiger partial charge in [-0.05, 0) is 55.0 Å². The minimum atomic E-state index is 0.853. The molecule has 1 N–H and O–H groups in total. The summed E-state index contributed by atoms with van der Waals surface area (Å²) in [6.45, 7) is 2.11. The lowest BCUT2D eigenvalue weighted by Gasteiger charge is -2.20. The van der Waals surface area contributed by atoms with E-state index < -0.39 is 0 Å². The molecule has 3 aromatic rings. The molecule has 0 saturated heterocycles. The van der Waals surface area contributed by atoms with Crippen LogP contribution in [0.15, 0.2) is 90.1 Å². The molecule has 0 radical (unpaired) electrons. The van der Waals surface area contributed by atoms with Crippen LogP contribution < -0.4 is 10.7 Å². The molecule has 1 aromatic heterocycles. The molecule has 0 spiro atoms. The Kier molecular flexibility index (Phi) is 4.92. The Morgan fingerprint density at radius 3 is 2.52 bits per heavy atom. The lowest BCUT2D eigenvalue weighted by Crippen LogP contribution is -2.15. The zero-order valence-corrected chi connectivity index (χ0v) is 17.6. The fourth-order valence-electron chi connectivity index (χ4n) is 3.96. The van der Waals surface area contributed by atoms with Gasteiger partial charge in [0.1, 0.15) is 0 Å². The summed E-state index contributed by atoms with van der Waals surface area (Å²) in [6.07, 6.45) is 2.68. The summed E-state index contributed by atoms with van der Waals surface area (Å²) >= 11 is 0. The van der Waals surface area contributed by atoms with E-state index in [4.69, 9.17) is 4.98 Å². The molecule has 0 unspecified atom stereocenters. The van der Waals surface area contributed by atoms with E-state index in [-0.39, 0.29) is 0 Å². The Bertz CT molecular complexity index is 1400. The summed E-state index contributed by atoms with van der Waals surface area (Å²) in [6, 6.07) is 26.8. The molecule has 2 aliphatic rings. The fraction of sp³-hybridized carbons (Fsp3) is 0.115. The van der Waals surface area contributed by atoms with Crippen LogP contribution in [0.25, 0.3) is 28.1 Å². The van der Waals surface area contributed by atoms with Gasteiger partial charge in [-0.2, -0.15) is 0 Å². The highest BCUT2D eigenvalue weighted by atomic mass is 15.0. The molecule has 1 aliphatic heterocycles. The molecule has 1 aliphatic carbocycles. The number of aryl methyl sites for hydroxylation is 1. The molecular formula is C26H23N5. The number of hydrogen-bond acceptors (Lipinski definition) is 4. The van der Waals surface area contributed by atoms with Crippen molar-refractivity contribution in [3.63, 3.8) is 0 Å². The van der Waals surface area contributed by atoms with Crippen LogP contribution in [-0.4, -0.2) is 21.6 Å². The van der Waals surface area contributed by atoms with Gasteiger partial charge in [-0.15, -0.1) is 0 Å². The number of hydrogen-bond donors (Lipinski definition) is 1. The van der Waals surface area contributed by atoms with Crippen LogP contribution in [0, 0.1) is 0 Å². The lowest BCUT2D eigenvalue weighted by atomic mass is 10.1. The third kappa shape index (κ3) is 3.44. The van der Waals surface area contributed by atoms with Crippen LogP contribution in [-0.2, 0) is 6.42 Å². The first-order chi connectivity index (χ1) is 15.3. The maximum Gasteiger partial charge on any atom is 0.0900 e. The van der Waals surface area contributed by atoms with Crippen molar-refractivity contribution in [2.45, 2.75) is 13.3 Å². The number of benzene rings is 3. The van der Waals surface area contributed by atoms with Crippen molar-refractivity contribution in [3.05, 3.63) is 96.1 Å². The lowest BCUT2D eigenvalue weighted by molar-refractivity contribution is 1.04. The van der Waals surface area contributed by atoms with Gasteiger partial charge < -0.3 is 9.88 Å². The van der Waals surface area contributed by atoms with Crippen LogP contribution >= 0.6 is 0 Å². The number of aromatic nitrogens is 3. The van der Waals surface area contributed by atoms with Gasteiger partial charge in [0.15, 0.2) is 0 Å². The number of para-hydroxylation sites is 3. The SMILES string of the molecule is CCc1ncccc1Nc1cc2nc3ccccc3n(-c3ccccc3)c-2cc1=NC. The maximum atomic E-state index is 4.97. The minimum absolute atomic E-state index is 0.853. The van der Waals surface area contributed by atoms with Crippen molar-refractivity contribution >= 4 is 22.4 Å². The molecular weight excluding hydrogens is 382 g/mol. The third-order valence-electron chi connectivity index (χ3n) is 5.45. The first-order valence-corrected chi connectivity index (χ1v) is 10.4. The summed E-state index contributed by atoms with van der Waals surface area (Å²) in [7, 11) is 1.82. The largest absolute Gasteiger partial charge is 0.352 e. The Morgan fingerprint density at radius 2 is 1.71 bits per heavy atom. The van der Waals surface area contributed by atoms with Gasteiger partial charge in [0, 0.05) is 18.9 Å². The molecule has 5 rings (SSSR count). The van der Waals surface area contributed by atoms with Gasteiger partial charge in [0.05, 0.1) is 44.8 Å². The van der Waals surface area contributed by atoms with Gasteiger partial charge in [-0.1, -0.05) is 37.3 Å². The van der Waals surface area contributed by atoms with E-state index in [1.165, 1.54) is 0 Å². The number of anilines is 2. The Hall–Kier alpha value is -3.99. The zero-order chi connectivity index (χ0) is 21.2. The van der Waals surface area contributed by atoms with Crippen LogP contribution in [0.5, 0.6) is 0 Å². The molecule has 0 bridgehead atoms. The molecule has 2 aromatic carbocycles. The first kappa shape index (κ1) is 19.0. The molecule has 0 fully saturated rings. The third-order valence-corrected chi connectivity index (χ3v) is 5.45. The van der Waals surface area contributed by atoms with Crippen molar-refractivity contribution in [1.29, 1.82) is 0 Å². The fourth-order valence-corrected chi connectivity index (χ4v) is 3.96. The van der Waals surface area contributed by atoms with E-state index in [1.807, 2.05) is 43.6 Å². The second-order valence-electron chi connectivity index (χ2n) is 7.33. The normalized spacial score (nSPS) is 11.9. The summed E-state index contributed by atoms with van der Waals surface area (Å²) in [5.74, 6) is 0. The van der Waals surface area contributed by atoms with E-state index in [0.29, 0.717) is 0 Å². The van der Waals surface area contributed by atoms with E-state index >= 15 is 0 Å². The van der Waals surface area contributed by atoms with Crippen LogP contribution in [0.4, 0.5) is 11.4 Å². The average Bonchev–Trinajstić information content (AvgIpc) is 2.83. The molecule has 0 amide bonds. The van der Waals surface area contributed by atoms with Crippen LogP contribution in [0.1, 0.15) is 12.6 Å². The molecule has 0 atom stereocenters. The summed E-state index contributed by atoms with van der Waals surface area (Å²) in [4.78, 5) is 14.0.